The maximum Gasteiger partial charge on any atom is 0.273 e. The first-order valence-corrected chi connectivity index (χ1v) is 10.0. The Morgan fingerprint density at radius 3 is 2.79 bits per heavy atom. The highest BCUT2D eigenvalue weighted by molar-refractivity contribution is 5.92. The summed E-state index contributed by atoms with van der Waals surface area (Å²) < 4.78 is 7.37. The van der Waals surface area contributed by atoms with Gasteiger partial charge >= 0.3 is 0 Å². The molecule has 2 saturated carbocycles. The Morgan fingerprint density at radius 2 is 2.04 bits per heavy atom. The Labute approximate surface area is 163 Å². The Balaban J connectivity index is 1.33. The molecule has 0 spiro atoms. The number of rotatable bonds is 6. The molecule has 2 aliphatic rings. The van der Waals surface area contributed by atoms with Crippen molar-refractivity contribution >= 4 is 5.91 Å². The molecule has 2 aliphatic carbocycles. The fraction of sp³-hybridized carbons (Fsp3) is 0.429. The lowest BCUT2D eigenvalue weighted by Gasteiger charge is -2.13. The van der Waals surface area contributed by atoms with Crippen LogP contribution in [0.15, 0.2) is 41.1 Å². The van der Waals surface area contributed by atoms with Crippen molar-refractivity contribution in [1.29, 1.82) is 0 Å². The van der Waals surface area contributed by atoms with Crippen LogP contribution in [0, 0.1) is 0 Å². The molecule has 0 aliphatic heterocycles. The number of hydrogen-bond donors (Lipinski definition) is 1. The minimum Gasteiger partial charge on any atom is -0.360 e. The van der Waals surface area contributed by atoms with Gasteiger partial charge in [-0.1, -0.05) is 24.1 Å². The van der Waals surface area contributed by atoms with Gasteiger partial charge in [-0.25, -0.2) is 0 Å². The van der Waals surface area contributed by atoms with Gasteiger partial charge in [-0.2, -0.15) is 5.10 Å². The van der Waals surface area contributed by atoms with Gasteiger partial charge in [-0.3, -0.25) is 14.5 Å². The largest absolute Gasteiger partial charge is 0.360 e. The van der Waals surface area contributed by atoms with Crippen LogP contribution in [0.4, 0.5) is 0 Å². The zero-order valence-electron chi connectivity index (χ0n) is 15.7. The lowest BCUT2D eigenvalue weighted by molar-refractivity contribution is 0.0941. The van der Waals surface area contributed by atoms with Gasteiger partial charge in [0.15, 0.2) is 5.69 Å². The highest BCUT2D eigenvalue weighted by Crippen LogP contribution is 2.40. The third kappa shape index (κ3) is 3.44. The number of pyridine rings is 1. The first kappa shape index (κ1) is 17.2. The van der Waals surface area contributed by atoms with Gasteiger partial charge in [-0.15, -0.1) is 0 Å². The monoisotopic (exact) mass is 377 g/mol. The molecule has 5 rings (SSSR count). The van der Waals surface area contributed by atoms with Crippen molar-refractivity contribution in [3.05, 3.63) is 53.7 Å². The maximum atomic E-state index is 12.4. The fourth-order valence-corrected chi connectivity index (χ4v) is 3.88. The SMILES string of the molecule is O=C(NCc1cc(-c2ccccn2)n(C2CCCC2)n1)c1cc(C2CC2)on1. The van der Waals surface area contributed by atoms with Crippen molar-refractivity contribution in [1.82, 2.24) is 25.2 Å². The van der Waals surface area contributed by atoms with Crippen LogP contribution in [-0.4, -0.2) is 25.8 Å². The van der Waals surface area contributed by atoms with E-state index in [-0.39, 0.29) is 5.91 Å². The van der Waals surface area contributed by atoms with E-state index in [2.05, 4.69) is 20.1 Å². The van der Waals surface area contributed by atoms with Crippen LogP contribution in [0.1, 0.15) is 72.4 Å². The van der Waals surface area contributed by atoms with E-state index < -0.39 is 0 Å². The Hall–Kier alpha value is -2.96. The van der Waals surface area contributed by atoms with Crippen LogP contribution in [0.3, 0.4) is 0 Å². The summed E-state index contributed by atoms with van der Waals surface area (Å²) in [5.41, 5.74) is 3.08. The van der Waals surface area contributed by atoms with Crippen molar-refractivity contribution < 1.29 is 9.32 Å². The van der Waals surface area contributed by atoms with Crippen molar-refractivity contribution in [3.8, 4) is 11.4 Å². The van der Waals surface area contributed by atoms with Gasteiger partial charge < -0.3 is 9.84 Å². The molecule has 7 nitrogen and oxygen atoms in total. The third-order valence-corrected chi connectivity index (χ3v) is 5.56. The van der Waals surface area contributed by atoms with Crippen LogP contribution in [0.5, 0.6) is 0 Å². The molecule has 144 valence electrons. The van der Waals surface area contributed by atoms with Crippen LogP contribution in [0.25, 0.3) is 11.4 Å². The zero-order chi connectivity index (χ0) is 18.9. The Bertz CT molecular complexity index is 968. The molecule has 0 bridgehead atoms. The maximum absolute atomic E-state index is 12.4. The lowest BCUT2D eigenvalue weighted by Crippen LogP contribution is -2.23. The van der Waals surface area contributed by atoms with E-state index in [1.807, 2.05) is 24.3 Å². The third-order valence-electron chi connectivity index (χ3n) is 5.56. The smallest absolute Gasteiger partial charge is 0.273 e. The summed E-state index contributed by atoms with van der Waals surface area (Å²) in [6.07, 6.45) is 8.76. The van der Waals surface area contributed by atoms with E-state index >= 15 is 0 Å². The Morgan fingerprint density at radius 1 is 1.18 bits per heavy atom. The number of hydrogen-bond acceptors (Lipinski definition) is 5. The van der Waals surface area contributed by atoms with E-state index in [0.717, 1.165) is 48.5 Å². The Kier molecular flexibility index (Phi) is 4.43. The molecule has 0 radical (unpaired) electrons. The van der Waals surface area contributed by atoms with Gasteiger partial charge in [0.05, 0.1) is 29.7 Å². The molecule has 2 fully saturated rings. The van der Waals surface area contributed by atoms with Gasteiger partial charge in [-0.05, 0) is 43.9 Å². The van der Waals surface area contributed by atoms with Crippen molar-refractivity contribution in [2.45, 2.75) is 57.0 Å². The second-order valence-corrected chi connectivity index (χ2v) is 7.69. The molecule has 0 saturated heterocycles. The fourth-order valence-electron chi connectivity index (χ4n) is 3.88. The molecule has 28 heavy (non-hydrogen) atoms. The topological polar surface area (TPSA) is 85.8 Å². The second kappa shape index (κ2) is 7.22. The van der Waals surface area contributed by atoms with Crippen molar-refractivity contribution in [3.63, 3.8) is 0 Å². The summed E-state index contributed by atoms with van der Waals surface area (Å²) in [5.74, 6) is 1.02. The summed E-state index contributed by atoms with van der Waals surface area (Å²) in [4.78, 5) is 16.9. The highest BCUT2D eigenvalue weighted by Gasteiger charge is 2.29. The number of nitrogens with zero attached hydrogens (tertiary/aromatic N) is 4. The predicted molar refractivity (Wildman–Crippen MR) is 103 cm³/mol. The molecule has 0 aromatic carbocycles. The van der Waals surface area contributed by atoms with Crippen molar-refractivity contribution in [2.24, 2.45) is 0 Å². The van der Waals surface area contributed by atoms with Crippen LogP contribution < -0.4 is 5.32 Å². The lowest BCUT2D eigenvalue weighted by atomic mass is 10.2. The van der Waals surface area contributed by atoms with E-state index in [1.54, 1.807) is 12.3 Å². The summed E-state index contributed by atoms with van der Waals surface area (Å²) >= 11 is 0. The van der Waals surface area contributed by atoms with Crippen molar-refractivity contribution in [2.75, 3.05) is 0 Å². The molecular formula is C21H23N5O2. The quantitative estimate of drug-likeness (QED) is 0.705. The molecule has 3 heterocycles. The van der Waals surface area contributed by atoms with Crippen LogP contribution in [0.2, 0.25) is 0 Å². The van der Waals surface area contributed by atoms with E-state index in [1.165, 1.54) is 12.8 Å². The number of carbonyl (C=O) groups excluding carboxylic acids is 1. The summed E-state index contributed by atoms with van der Waals surface area (Å²) in [7, 11) is 0. The average Bonchev–Trinajstić information content (AvgIpc) is 3.16. The molecule has 1 amide bonds. The van der Waals surface area contributed by atoms with Crippen LogP contribution >= 0.6 is 0 Å². The minimum absolute atomic E-state index is 0.231. The number of amides is 1. The standard InChI is InChI=1S/C21H23N5O2/c27-21(18-12-20(28-25-18)14-8-9-14)23-13-15-11-19(17-7-3-4-10-22-17)26(24-15)16-5-1-2-6-16/h3-4,7,10-12,14,16H,1-2,5-6,8-9,13H2,(H,23,27). The molecule has 1 N–H and O–H groups in total. The zero-order valence-corrected chi connectivity index (χ0v) is 15.7. The molecule has 0 unspecified atom stereocenters. The van der Waals surface area contributed by atoms with Gasteiger partial charge in [0.2, 0.25) is 0 Å². The summed E-state index contributed by atoms with van der Waals surface area (Å²) in [6.45, 7) is 0.351. The molecule has 3 aromatic rings. The van der Waals surface area contributed by atoms with Crippen LogP contribution in [-0.2, 0) is 6.54 Å². The summed E-state index contributed by atoms with van der Waals surface area (Å²) in [6, 6.07) is 10.1. The predicted octanol–water partition coefficient (Wildman–Crippen LogP) is 3.86. The van der Waals surface area contributed by atoms with Gasteiger partial charge in [0, 0.05) is 18.2 Å². The van der Waals surface area contributed by atoms with E-state index in [4.69, 9.17) is 9.62 Å². The number of nitrogens with one attached hydrogen (secondary N) is 1. The summed E-state index contributed by atoms with van der Waals surface area (Å²) in [5, 5.41) is 11.6. The van der Waals surface area contributed by atoms with Gasteiger partial charge in [0.1, 0.15) is 5.76 Å². The number of aromatic nitrogens is 4. The normalized spacial score (nSPS) is 17.1. The first-order valence-electron chi connectivity index (χ1n) is 10.0. The molecule has 7 heteroatoms. The minimum atomic E-state index is -0.231. The second-order valence-electron chi connectivity index (χ2n) is 7.69. The first-order chi connectivity index (χ1) is 13.8. The van der Waals surface area contributed by atoms with Gasteiger partial charge in [0.25, 0.3) is 5.91 Å². The molecular weight excluding hydrogens is 354 g/mol. The average molecular weight is 377 g/mol. The van der Waals surface area contributed by atoms with E-state index in [0.29, 0.717) is 24.2 Å². The molecule has 0 atom stereocenters. The highest BCUT2D eigenvalue weighted by atomic mass is 16.5. The number of carbonyl (C=O) groups is 1. The van der Waals surface area contributed by atoms with E-state index in [9.17, 15) is 4.79 Å². The molecule has 3 aromatic heterocycles.